The number of benzene rings is 1. The number of aliphatic carboxylic acids is 1. The molecule has 2 N–H and O–H groups in total. The van der Waals surface area contributed by atoms with Gasteiger partial charge in [-0.2, -0.15) is 0 Å². The summed E-state index contributed by atoms with van der Waals surface area (Å²) in [5, 5.41) is 13.1. The number of nitrogens with one attached hydrogen (secondary N) is 1. The van der Waals surface area contributed by atoms with Crippen molar-refractivity contribution in [1.82, 2.24) is 14.9 Å². The molecule has 150 valence electrons. The van der Waals surface area contributed by atoms with Crippen LogP contribution in [0.25, 0.3) is 10.9 Å². The van der Waals surface area contributed by atoms with Crippen molar-refractivity contribution in [1.29, 1.82) is 0 Å². The largest absolute Gasteiger partial charge is 0.480 e. The molecule has 3 aromatic rings. The number of hydrogen-bond donors (Lipinski definition) is 2. The summed E-state index contributed by atoms with van der Waals surface area (Å²) >= 11 is 0. The first-order valence-corrected chi connectivity index (χ1v) is 9.71. The van der Waals surface area contributed by atoms with Crippen LogP contribution in [0.5, 0.6) is 0 Å². The number of halogens is 1. The summed E-state index contributed by atoms with van der Waals surface area (Å²) in [5.41, 5.74) is 3.60. The number of carbonyl (C=O) groups is 2. The average molecular weight is 395 g/mol. The lowest BCUT2D eigenvalue weighted by molar-refractivity contribution is -0.137. The number of aromatic nitrogens is 2. The first-order valence-electron chi connectivity index (χ1n) is 9.71. The topological polar surface area (TPSA) is 84.2 Å². The molecule has 0 bridgehead atoms. The molecule has 0 fully saturated rings. The molecular formula is C22H22FN3O3. The molecule has 1 aliphatic carbocycles. The Morgan fingerprint density at radius 3 is 2.93 bits per heavy atom. The van der Waals surface area contributed by atoms with Crippen molar-refractivity contribution in [3.8, 4) is 0 Å². The summed E-state index contributed by atoms with van der Waals surface area (Å²) in [7, 11) is 0. The minimum atomic E-state index is -0.931. The first kappa shape index (κ1) is 19.1. The lowest BCUT2D eigenvalue weighted by Crippen LogP contribution is -2.39. The lowest BCUT2D eigenvalue weighted by atomic mass is 9.91. The van der Waals surface area contributed by atoms with E-state index >= 15 is 0 Å². The fraction of sp³-hybridized carbons (Fsp3) is 0.318. The SMILES string of the molecule is O=C(O)Cn1c2c(c3cc(F)ccc31)CC(NC(=O)CCc1cccnc1)CC2. The van der Waals surface area contributed by atoms with Crippen LogP contribution in [0.3, 0.4) is 0 Å². The van der Waals surface area contributed by atoms with Crippen molar-refractivity contribution in [3.05, 3.63) is 65.4 Å². The molecule has 1 aromatic carbocycles. The monoisotopic (exact) mass is 395 g/mol. The van der Waals surface area contributed by atoms with E-state index in [0.717, 1.165) is 34.1 Å². The number of rotatable bonds is 6. The predicted octanol–water partition coefficient (Wildman–Crippen LogP) is 2.87. The van der Waals surface area contributed by atoms with Gasteiger partial charge in [0.15, 0.2) is 0 Å². The third-order valence-corrected chi connectivity index (χ3v) is 5.45. The van der Waals surface area contributed by atoms with Crippen LogP contribution in [-0.4, -0.2) is 32.6 Å². The van der Waals surface area contributed by atoms with Crippen molar-refractivity contribution in [2.45, 2.75) is 44.7 Å². The molecule has 0 saturated carbocycles. The molecule has 29 heavy (non-hydrogen) atoms. The fourth-order valence-electron chi connectivity index (χ4n) is 4.16. The van der Waals surface area contributed by atoms with Crippen LogP contribution in [0.2, 0.25) is 0 Å². The summed E-state index contributed by atoms with van der Waals surface area (Å²) in [6.45, 7) is -0.153. The van der Waals surface area contributed by atoms with Crippen LogP contribution < -0.4 is 5.32 Å². The number of carboxylic acid groups (broad SMARTS) is 1. The second kappa shape index (κ2) is 8.03. The molecule has 4 rings (SSSR count). The molecule has 1 aliphatic rings. The van der Waals surface area contributed by atoms with E-state index in [-0.39, 0.29) is 24.3 Å². The Morgan fingerprint density at radius 2 is 2.17 bits per heavy atom. The summed E-state index contributed by atoms with van der Waals surface area (Å²) in [4.78, 5) is 27.8. The molecule has 0 radical (unpaired) electrons. The van der Waals surface area contributed by atoms with E-state index in [1.54, 1.807) is 23.0 Å². The van der Waals surface area contributed by atoms with Crippen LogP contribution in [0, 0.1) is 5.82 Å². The minimum Gasteiger partial charge on any atom is -0.480 e. The van der Waals surface area contributed by atoms with Gasteiger partial charge in [-0.1, -0.05) is 6.07 Å². The van der Waals surface area contributed by atoms with Crippen LogP contribution >= 0.6 is 0 Å². The predicted molar refractivity (Wildman–Crippen MR) is 106 cm³/mol. The van der Waals surface area contributed by atoms with Crippen molar-refractivity contribution in [2.24, 2.45) is 0 Å². The zero-order chi connectivity index (χ0) is 20.4. The van der Waals surface area contributed by atoms with Gasteiger partial charge in [-0.25, -0.2) is 4.39 Å². The van der Waals surface area contributed by atoms with Gasteiger partial charge in [0.05, 0.1) is 0 Å². The van der Waals surface area contributed by atoms with E-state index < -0.39 is 5.97 Å². The summed E-state index contributed by atoms with van der Waals surface area (Å²) < 4.78 is 15.6. The van der Waals surface area contributed by atoms with Crippen molar-refractivity contribution in [3.63, 3.8) is 0 Å². The lowest BCUT2D eigenvalue weighted by Gasteiger charge is -2.25. The van der Waals surface area contributed by atoms with Gasteiger partial charge in [0.25, 0.3) is 0 Å². The molecule has 0 aliphatic heterocycles. The van der Waals surface area contributed by atoms with Gasteiger partial charge in [0.2, 0.25) is 5.91 Å². The zero-order valence-electron chi connectivity index (χ0n) is 15.9. The Bertz CT molecular complexity index is 1060. The maximum atomic E-state index is 13.8. The molecule has 6 nitrogen and oxygen atoms in total. The van der Waals surface area contributed by atoms with Gasteiger partial charge in [-0.3, -0.25) is 14.6 Å². The summed E-state index contributed by atoms with van der Waals surface area (Å²) in [6, 6.07) is 8.19. The highest BCUT2D eigenvalue weighted by atomic mass is 19.1. The van der Waals surface area contributed by atoms with Crippen LogP contribution in [0.1, 0.15) is 29.7 Å². The Hall–Kier alpha value is -3.22. The van der Waals surface area contributed by atoms with E-state index in [1.807, 2.05) is 12.1 Å². The third kappa shape index (κ3) is 4.13. The van der Waals surface area contributed by atoms with Gasteiger partial charge < -0.3 is 15.0 Å². The Morgan fingerprint density at radius 1 is 1.31 bits per heavy atom. The first-order chi connectivity index (χ1) is 14.0. The number of nitrogens with zero attached hydrogens (tertiary/aromatic N) is 2. The van der Waals surface area contributed by atoms with Gasteiger partial charge in [0.1, 0.15) is 12.4 Å². The number of carbonyl (C=O) groups excluding carboxylic acids is 1. The van der Waals surface area contributed by atoms with Gasteiger partial charge in [-0.15, -0.1) is 0 Å². The molecule has 1 atom stereocenters. The van der Waals surface area contributed by atoms with E-state index in [0.29, 0.717) is 25.7 Å². The van der Waals surface area contributed by atoms with Crippen molar-refractivity contribution < 1.29 is 19.1 Å². The second-order valence-corrected chi connectivity index (χ2v) is 7.44. The standard InChI is InChI=1S/C22H22FN3O3/c23-15-4-6-19-17(10-15)18-11-16(5-7-20(18)26(19)13-22(28)29)25-21(27)8-3-14-2-1-9-24-12-14/h1-2,4,6,9-10,12,16H,3,5,7-8,11,13H2,(H,25,27)(H,28,29). The normalized spacial score (nSPS) is 15.8. The average Bonchev–Trinajstić information content (AvgIpc) is 2.99. The molecule has 1 unspecified atom stereocenters. The fourth-order valence-corrected chi connectivity index (χ4v) is 4.16. The van der Waals surface area contributed by atoms with Gasteiger partial charge >= 0.3 is 5.97 Å². The van der Waals surface area contributed by atoms with Crippen molar-refractivity contribution >= 4 is 22.8 Å². The molecule has 0 saturated heterocycles. The Balaban J connectivity index is 1.50. The van der Waals surface area contributed by atoms with Crippen molar-refractivity contribution in [2.75, 3.05) is 0 Å². The highest BCUT2D eigenvalue weighted by molar-refractivity contribution is 5.87. The highest BCUT2D eigenvalue weighted by Gasteiger charge is 2.27. The van der Waals surface area contributed by atoms with E-state index in [9.17, 15) is 19.1 Å². The molecule has 1 amide bonds. The summed E-state index contributed by atoms with van der Waals surface area (Å²) in [5.74, 6) is -1.31. The number of aryl methyl sites for hydroxylation is 1. The molecule has 2 heterocycles. The Kier molecular flexibility index (Phi) is 5.29. The Labute approximate surface area is 167 Å². The highest BCUT2D eigenvalue weighted by Crippen LogP contribution is 2.33. The molecule has 2 aromatic heterocycles. The zero-order valence-corrected chi connectivity index (χ0v) is 15.9. The second-order valence-electron chi connectivity index (χ2n) is 7.44. The number of carboxylic acids is 1. The van der Waals surface area contributed by atoms with Gasteiger partial charge in [0, 0.05) is 41.5 Å². The minimum absolute atomic E-state index is 0.0252. The molecule has 7 heteroatoms. The maximum Gasteiger partial charge on any atom is 0.323 e. The van der Waals surface area contributed by atoms with Crippen LogP contribution in [0.4, 0.5) is 4.39 Å². The number of pyridine rings is 1. The summed E-state index contributed by atoms with van der Waals surface area (Å²) in [6.07, 6.45) is 6.40. The molecule has 0 spiro atoms. The van der Waals surface area contributed by atoms with E-state index in [4.69, 9.17) is 0 Å². The number of amides is 1. The van der Waals surface area contributed by atoms with E-state index in [1.165, 1.54) is 12.1 Å². The number of hydrogen-bond acceptors (Lipinski definition) is 3. The van der Waals surface area contributed by atoms with Crippen LogP contribution in [0.15, 0.2) is 42.7 Å². The third-order valence-electron chi connectivity index (χ3n) is 5.45. The van der Waals surface area contributed by atoms with Gasteiger partial charge in [-0.05, 0) is 61.1 Å². The van der Waals surface area contributed by atoms with Crippen LogP contribution in [-0.2, 0) is 35.4 Å². The van der Waals surface area contributed by atoms with E-state index in [2.05, 4.69) is 10.3 Å². The quantitative estimate of drug-likeness (QED) is 0.672. The molecular weight excluding hydrogens is 373 g/mol. The maximum absolute atomic E-state index is 13.8. The number of fused-ring (bicyclic) bond motifs is 3. The smallest absolute Gasteiger partial charge is 0.323 e.